The van der Waals surface area contributed by atoms with Gasteiger partial charge in [-0.15, -0.1) is 16.8 Å². The summed E-state index contributed by atoms with van der Waals surface area (Å²) in [5.74, 6) is -0.170. The van der Waals surface area contributed by atoms with E-state index >= 15 is 0 Å². The van der Waals surface area contributed by atoms with Gasteiger partial charge in [-0.05, 0) is 24.6 Å². The van der Waals surface area contributed by atoms with Gasteiger partial charge in [-0.1, -0.05) is 30.0 Å². The summed E-state index contributed by atoms with van der Waals surface area (Å²) >= 11 is 1.33. The first kappa shape index (κ1) is 19.1. The van der Waals surface area contributed by atoms with Crippen molar-refractivity contribution < 1.29 is 18.4 Å². The Bertz CT molecular complexity index is 839. The Morgan fingerprint density at radius 1 is 1.33 bits per heavy atom. The van der Waals surface area contributed by atoms with Gasteiger partial charge in [0.1, 0.15) is 5.82 Å². The molecule has 1 N–H and O–H groups in total. The first-order chi connectivity index (χ1) is 13.0. The van der Waals surface area contributed by atoms with E-state index < -0.39 is 11.9 Å². The lowest BCUT2D eigenvalue weighted by Crippen LogP contribution is -2.59. The van der Waals surface area contributed by atoms with E-state index in [1.807, 2.05) is 0 Å². The van der Waals surface area contributed by atoms with Gasteiger partial charge in [0, 0.05) is 24.8 Å². The molecule has 0 saturated carbocycles. The molecule has 3 amide bonds. The second-order valence-corrected chi connectivity index (χ2v) is 7.09. The molecule has 2 heterocycles. The van der Waals surface area contributed by atoms with E-state index in [2.05, 4.69) is 22.1 Å². The lowest BCUT2D eigenvalue weighted by Gasteiger charge is -2.34. The minimum absolute atomic E-state index is 0.149. The lowest BCUT2D eigenvalue weighted by molar-refractivity contribution is -0.134. The van der Waals surface area contributed by atoms with Crippen LogP contribution in [0.15, 0.2) is 46.6 Å². The molecule has 1 aromatic heterocycles. The Balaban J connectivity index is 1.62. The molecule has 1 aromatic carbocycles. The van der Waals surface area contributed by atoms with Crippen LogP contribution in [0, 0.1) is 11.7 Å². The third kappa shape index (κ3) is 4.54. The zero-order chi connectivity index (χ0) is 19.4. The average Bonchev–Trinajstić information content (AvgIpc) is 3.09. The Hall–Kier alpha value is -2.68. The number of aromatic nitrogens is 2. The van der Waals surface area contributed by atoms with Gasteiger partial charge in [0.15, 0.2) is 0 Å². The molecule has 2 atom stereocenters. The highest BCUT2D eigenvalue weighted by Gasteiger charge is 2.39. The van der Waals surface area contributed by atoms with E-state index in [9.17, 15) is 14.0 Å². The number of nitrogens with zero attached hydrogens (tertiary/aromatic N) is 3. The standard InChI is InChI=1S/C18H19FN4O3S/c1-3-8-23-16(24)14(11(2)20-17(23)25)9-15-21-22-18(26-15)27-10-12-4-6-13(19)7-5-12/h3-7,11,14H,1,8-10H2,2H3,(H,20,25). The third-order valence-corrected chi connectivity index (χ3v) is 5.10. The number of carbonyl (C=O) groups excluding carboxylic acids is 2. The number of imide groups is 1. The number of nitrogens with one attached hydrogen (secondary N) is 1. The van der Waals surface area contributed by atoms with Crippen molar-refractivity contribution in [3.63, 3.8) is 0 Å². The fourth-order valence-electron chi connectivity index (χ4n) is 2.75. The summed E-state index contributed by atoms with van der Waals surface area (Å²) in [6, 6.07) is 5.42. The van der Waals surface area contributed by atoms with Gasteiger partial charge >= 0.3 is 6.03 Å². The van der Waals surface area contributed by atoms with E-state index in [0.717, 1.165) is 10.5 Å². The minimum atomic E-state index is -0.488. The highest BCUT2D eigenvalue weighted by molar-refractivity contribution is 7.98. The first-order valence-corrected chi connectivity index (χ1v) is 9.39. The fraction of sp³-hybridized carbons (Fsp3) is 0.333. The van der Waals surface area contributed by atoms with Crippen LogP contribution in [0.2, 0.25) is 0 Å². The molecule has 142 valence electrons. The van der Waals surface area contributed by atoms with Crippen LogP contribution in [0.25, 0.3) is 0 Å². The molecule has 1 saturated heterocycles. The number of benzene rings is 1. The molecule has 27 heavy (non-hydrogen) atoms. The normalized spacial score (nSPS) is 19.9. The van der Waals surface area contributed by atoms with Crippen molar-refractivity contribution in [1.82, 2.24) is 20.4 Å². The van der Waals surface area contributed by atoms with Crippen molar-refractivity contribution >= 4 is 23.7 Å². The number of thioether (sulfide) groups is 1. The van der Waals surface area contributed by atoms with Gasteiger partial charge in [0.05, 0.1) is 5.92 Å². The van der Waals surface area contributed by atoms with Crippen molar-refractivity contribution in [2.45, 2.75) is 30.4 Å². The molecular formula is C18H19FN4O3S. The number of carbonyl (C=O) groups is 2. The Labute approximate surface area is 160 Å². The number of hydrogen-bond acceptors (Lipinski definition) is 6. The van der Waals surface area contributed by atoms with Gasteiger partial charge in [0.25, 0.3) is 5.22 Å². The minimum Gasteiger partial charge on any atom is -0.416 e. The zero-order valence-corrected chi connectivity index (χ0v) is 15.5. The second-order valence-electron chi connectivity index (χ2n) is 6.16. The molecule has 3 rings (SSSR count). The third-order valence-electron chi connectivity index (χ3n) is 4.21. The molecule has 0 bridgehead atoms. The maximum absolute atomic E-state index is 12.9. The smallest absolute Gasteiger partial charge is 0.324 e. The highest BCUT2D eigenvalue weighted by Crippen LogP contribution is 2.24. The quantitative estimate of drug-likeness (QED) is 0.578. The van der Waals surface area contributed by atoms with Crippen LogP contribution in [0.3, 0.4) is 0 Å². The number of amides is 3. The summed E-state index contributed by atoms with van der Waals surface area (Å²) < 4.78 is 18.5. The highest BCUT2D eigenvalue weighted by atomic mass is 32.2. The summed E-state index contributed by atoms with van der Waals surface area (Å²) in [6.45, 7) is 5.49. The zero-order valence-electron chi connectivity index (χ0n) is 14.7. The molecule has 1 aliphatic heterocycles. The number of urea groups is 1. The summed E-state index contributed by atoms with van der Waals surface area (Å²) in [5.41, 5.74) is 0.931. The maximum atomic E-state index is 12.9. The van der Waals surface area contributed by atoms with Gasteiger partial charge in [-0.25, -0.2) is 9.18 Å². The van der Waals surface area contributed by atoms with Crippen LogP contribution >= 0.6 is 11.8 Å². The molecule has 2 aromatic rings. The van der Waals surface area contributed by atoms with Gasteiger partial charge in [-0.2, -0.15) is 0 Å². The van der Waals surface area contributed by atoms with Crippen molar-refractivity contribution in [2.75, 3.05) is 6.54 Å². The molecule has 7 nitrogen and oxygen atoms in total. The molecular weight excluding hydrogens is 371 g/mol. The summed E-state index contributed by atoms with van der Waals surface area (Å²) in [5, 5.41) is 11.1. The van der Waals surface area contributed by atoms with Crippen LogP contribution in [0.5, 0.6) is 0 Å². The van der Waals surface area contributed by atoms with E-state index in [1.54, 1.807) is 19.1 Å². The van der Waals surface area contributed by atoms with Crippen molar-refractivity contribution in [1.29, 1.82) is 0 Å². The predicted molar refractivity (Wildman–Crippen MR) is 97.4 cm³/mol. The SMILES string of the molecule is C=CCN1C(=O)NC(C)C(Cc2nnc(SCc3ccc(F)cc3)o2)C1=O. The predicted octanol–water partition coefficient (Wildman–Crippen LogP) is 2.79. The van der Waals surface area contributed by atoms with E-state index in [-0.39, 0.29) is 30.7 Å². The topological polar surface area (TPSA) is 88.3 Å². The van der Waals surface area contributed by atoms with Crippen LogP contribution < -0.4 is 5.32 Å². The first-order valence-electron chi connectivity index (χ1n) is 8.40. The van der Waals surface area contributed by atoms with Crippen LogP contribution in [-0.2, 0) is 17.0 Å². The molecule has 0 spiro atoms. The van der Waals surface area contributed by atoms with Gasteiger partial charge in [0.2, 0.25) is 11.8 Å². The van der Waals surface area contributed by atoms with Gasteiger partial charge < -0.3 is 9.73 Å². The second kappa shape index (κ2) is 8.34. The van der Waals surface area contributed by atoms with Crippen molar-refractivity contribution in [2.24, 2.45) is 5.92 Å². The lowest BCUT2D eigenvalue weighted by atomic mass is 9.93. The summed E-state index contributed by atoms with van der Waals surface area (Å²) in [4.78, 5) is 25.6. The molecule has 1 fully saturated rings. The van der Waals surface area contributed by atoms with Crippen molar-refractivity contribution in [3.05, 3.63) is 54.2 Å². The fourth-order valence-corrected chi connectivity index (χ4v) is 3.48. The number of rotatable bonds is 7. The molecule has 2 unspecified atom stereocenters. The number of halogens is 1. The summed E-state index contributed by atoms with van der Waals surface area (Å²) in [7, 11) is 0. The van der Waals surface area contributed by atoms with Crippen LogP contribution in [-0.4, -0.2) is 39.6 Å². The molecule has 1 aliphatic rings. The molecule has 0 radical (unpaired) electrons. The monoisotopic (exact) mass is 390 g/mol. The van der Waals surface area contributed by atoms with Crippen molar-refractivity contribution in [3.8, 4) is 0 Å². The molecule has 9 heteroatoms. The molecule has 0 aliphatic carbocycles. The van der Waals surface area contributed by atoms with Gasteiger partial charge in [-0.3, -0.25) is 9.69 Å². The summed E-state index contributed by atoms with van der Waals surface area (Å²) in [6.07, 6.45) is 1.74. The van der Waals surface area contributed by atoms with E-state index in [1.165, 1.54) is 30.0 Å². The van der Waals surface area contributed by atoms with E-state index in [0.29, 0.717) is 16.9 Å². The Morgan fingerprint density at radius 2 is 2.07 bits per heavy atom. The maximum Gasteiger partial charge on any atom is 0.324 e. The van der Waals surface area contributed by atoms with Crippen LogP contribution in [0.1, 0.15) is 18.4 Å². The number of hydrogen-bond donors (Lipinski definition) is 1. The average molecular weight is 390 g/mol. The Kier molecular flexibility index (Phi) is 5.90. The van der Waals surface area contributed by atoms with Crippen LogP contribution in [0.4, 0.5) is 9.18 Å². The largest absolute Gasteiger partial charge is 0.416 e. The van der Waals surface area contributed by atoms with E-state index in [4.69, 9.17) is 4.42 Å². The Morgan fingerprint density at radius 3 is 2.78 bits per heavy atom.